The molecule has 294 valence electrons. The van der Waals surface area contributed by atoms with Crippen LogP contribution in [0, 0.1) is 6.92 Å². The van der Waals surface area contributed by atoms with Crippen molar-refractivity contribution in [2.24, 2.45) is 5.73 Å². The van der Waals surface area contributed by atoms with E-state index in [0.717, 1.165) is 16.7 Å². The average Bonchev–Trinajstić information content (AvgIpc) is 3.05. The number of amides is 3. The second-order valence-electron chi connectivity index (χ2n) is 13.8. The number of rotatable bonds is 12. The minimum atomic E-state index is -3.64. The SMILES string of the molecule is CO[C@@H]1[C@@H](OC(N)=O)[C@@H](O)[C@H](Oc2ccc3c(O)c(NC(=O)c4cc(CC=C(C)C)c(O)c(CN(C)C(=O)CS(C)(=O)=O)c4)c(=O)oc3c2C)OC1(C)C. The Balaban J connectivity index is 1.67. The van der Waals surface area contributed by atoms with E-state index >= 15 is 0 Å². The lowest BCUT2D eigenvalue weighted by molar-refractivity contribution is -0.304. The summed E-state index contributed by atoms with van der Waals surface area (Å²) in [7, 11) is -0.940. The number of nitrogens with one attached hydrogen (secondary N) is 1. The number of nitrogens with zero attached hydrogens (tertiary/aromatic N) is 1. The number of ether oxygens (including phenoxy) is 4. The van der Waals surface area contributed by atoms with Gasteiger partial charge in [-0.2, -0.15) is 0 Å². The molecule has 18 heteroatoms. The lowest BCUT2D eigenvalue weighted by Crippen LogP contribution is -2.65. The third kappa shape index (κ3) is 9.30. The molecule has 0 spiro atoms. The van der Waals surface area contributed by atoms with Crippen molar-refractivity contribution >= 4 is 44.4 Å². The molecule has 1 aliphatic rings. The summed E-state index contributed by atoms with van der Waals surface area (Å²) in [5.41, 5.74) is 3.75. The molecule has 1 fully saturated rings. The lowest BCUT2D eigenvalue weighted by Gasteiger charge is -2.47. The maximum Gasteiger partial charge on any atom is 0.404 e. The predicted octanol–water partition coefficient (Wildman–Crippen LogP) is 2.63. The monoisotopic (exact) mass is 775 g/mol. The average molecular weight is 776 g/mol. The molecule has 1 aromatic heterocycles. The number of phenols is 1. The van der Waals surface area contributed by atoms with Crippen LogP contribution in [0.5, 0.6) is 17.2 Å². The van der Waals surface area contributed by atoms with Crippen molar-refractivity contribution in [2.45, 2.75) is 77.8 Å². The largest absolute Gasteiger partial charge is 0.507 e. The van der Waals surface area contributed by atoms with Crippen molar-refractivity contribution in [3.8, 4) is 17.2 Å². The molecule has 0 radical (unpaired) electrons. The number of hydrogen-bond acceptors (Lipinski definition) is 14. The highest BCUT2D eigenvalue weighted by Gasteiger charge is 2.53. The number of phenolic OH excluding ortho intramolecular Hbond substituents is 1. The van der Waals surface area contributed by atoms with E-state index < -0.39 is 80.8 Å². The Hall–Kier alpha value is -5.17. The molecule has 3 aromatic rings. The van der Waals surface area contributed by atoms with E-state index in [-0.39, 0.29) is 52.1 Å². The first-order chi connectivity index (χ1) is 25.0. The van der Waals surface area contributed by atoms with Crippen molar-refractivity contribution in [2.75, 3.05) is 31.5 Å². The van der Waals surface area contributed by atoms with Gasteiger partial charge < -0.3 is 54.6 Å². The number of fused-ring (bicyclic) bond motifs is 1. The number of methoxy groups -OCH3 is 1. The van der Waals surface area contributed by atoms with Crippen LogP contribution in [0.3, 0.4) is 0 Å². The maximum atomic E-state index is 13.6. The Morgan fingerprint density at radius 3 is 2.35 bits per heavy atom. The van der Waals surface area contributed by atoms with Gasteiger partial charge in [0, 0.05) is 43.6 Å². The van der Waals surface area contributed by atoms with Gasteiger partial charge in [-0.15, -0.1) is 0 Å². The van der Waals surface area contributed by atoms with E-state index in [4.69, 9.17) is 29.1 Å². The number of aromatic hydroxyl groups is 2. The van der Waals surface area contributed by atoms with Crippen LogP contribution in [0.2, 0.25) is 0 Å². The van der Waals surface area contributed by atoms with E-state index in [2.05, 4.69) is 5.32 Å². The smallest absolute Gasteiger partial charge is 0.404 e. The number of hydrogen-bond donors (Lipinski definition) is 5. The van der Waals surface area contributed by atoms with Gasteiger partial charge in [-0.3, -0.25) is 9.59 Å². The number of aryl methyl sites for hydroxylation is 1. The normalized spacial score (nSPS) is 19.5. The Morgan fingerprint density at radius 2 is 1.76 bits per heavy atom. The molecule has 17 nitrogen and oxygen atoms in total. The molecule has 2 aromatic carbocycles. The van der Waals surface area contributed by atoms with Gasteiger partial charge in [0.15, 0.2) is 33.5 Å². The van der Waals surface area contributed by atoms with Crippen LogP contribution < -0.4 is 21.4 Å². The van der Waals surface area contributed by atoms with Crippen molar-refractivity contribution in [1.82, 2.24) is 4.90 Å². The molecule has 0 saturated carbocycles. The number of benzene rings is 2. The molecule has 54 heavy (non-hydrogen) atoms. The van der Waals surface area contributed by atoms with E-state index in [1.54, 1.807) is 19.9 Å². The Labute approximate surface area is 311 Å². The second-order valence-corrected chi connectivity index (χ2v) is 16.0. The highest BCUT2D eigenvalue weighted by atomic mass is 32.2. The van der Waals surface area contributed by atoms with Crippen LogP contribution in [0.4, 0.5) is 10.5 Å². The van der Waals surface area contributed by atoms with Crippen LogP contribution in [-0.4, -0.2) is 103 Å². The maximum absolute atomic E-state index is 13.6. The second kappa shape index (κ2) is 16.1. The molecule has 2 heterocycles. The molecule has 1 saturated heterocycles. The lowest BCUT2D eigenvalue weighted by atomic mass is 9.89. The van der Waals surface area contributed by atoms with E-state index in [1.807, 2.05) is 13.8 Å². The molecule has 0 aliphatic carbocycles. The van der Waals surface area contributed by atoms with Crippen molar-refractivity contribution in [1.29, 1.82) is 0 Å². The zero-order valence-electron chi connectivity index (χ0n) is 31.1. The van der Waals surface area contributed by atoms with Gasteiger partial charge in [-0.25, -0.2) is 18.0 Å². The summed E-state index contributed by atoms with van der Waals surface area (Å²) in [6, 6.07) is 5.42. The van der Waals surface area contributed by atoms with Gasteiger partial charge >= 0.3 is 11.7 Å². The molecule has 6 N–H and O–H groups in total. The quantitative estimate of drug-likeness (QED) is 0.131. The van der Waals surface area contributed by atoms with Gasteiger partial charge in [0.25, 0.3) is 5.91 Å². The fourth-order valence-corrected chi connectivity index (χ4v) is 6.69. The van der Waals surface area contributed by atoms with Crippen LogP contribution in [0.1, 0.15) is 54.7 Å². The highest BCUT2D eigenvalue weighted by molar-refractivity contribution is 7.91. The number of carbonyl (C=O) groups is 3. The summed E-state index contributed by atoms with van der Waals surface area (Å²) in [6.45, 7) is 8.20. The van der Waals surface area contributed by atoms with Gasteiger partial charge in [0.05, 0.1) is 11.0 Å². The minimum absolute atomic E-state index is 0.0104. The van der Waals surface area contributed by atoms with Gasteiger partial charge in [-0.05, 0) is 70.9 Å². The number of primary amides is 1. The van der Waals surface area contributed by atoms with Crippen molar-refractivity contribution < 1.29 is 61.5 Å². The van der Waals surface area contributed by atoms with Crippen molar-refractivity contribution in [3.05, 3.63) is 68.6 Å². The number of sulfone groups is 1. The molecule has 4 atom stereocenters. The molecule has 1 aliphatic heterocycles. The predicted molar refractivity (Wildman–Crippen MR) is 195 cm³/mol. The van der Waals surface area contributed by atoms with E-state index in [9.17, 15) is 42.9 Å². The summed E-state index contributed by atoms with van der Waals surface area (Å²) < 4.78 is 51.3. The fraction of sp³-hybridized carbons (Fsp3) is 0.444. The third-order valence-corrected chi connectivity index (χ3v) is 9.50. The summed E-state index contributed by atoms with van der Waals surface area (Å²) in [6.07, 6.45) is -3.42. The van der Waals surface area contributed by atoms with E-state index in [0.29, 0.717) is 5.56 Å². The first-order valence-corrected chi connectivity index (χ1v) is 18.6. The number of anilines is 1. The molecule has 0 unspecified atom stereocenters. The standard InChI is InChI=1S/C36H45N3O14S/c1-17(2)9-10-19-13-20(14-21(26(19)41)15-39(6)24(40)16-54(8,47)48)32(44)38-25-27(42)22-11-12-23(18(3)29(22)51-33(25)45)50-34-28(43)30(52-35(37)46)31(49-7)36(4,5)53-34/h9,11-14,28,30-31,34,41-43H,10,15-16H2,1-8H3,(H2,37,46)(H,38,44)/t28-,30+,31-,34-/m1/s1. The van der Waals surface area contributed by atoms with Gasteiger partial charge in [-0.1, -0.05) is 11.6 Å². The number of aliphatic hydroxyl groups excluding tert-OH is 1. The van der Waals surface area contributed by atoms with Crippen LogP contribution >= 0.6 is 0 Å². The first kappa shape index (κ1) is 41.6. The summed E-state index contributed by atoms with van der Waals surface area (Å²) >= 11 is 0. The zero-order chi connectivity index (χ0) is 40.4. The van der Waals surface area contributed by atoms with Crippen LogP contribution in [0.25, 0.3) is 11.0 Å². The molecular formula is C36H45N3O14S. The number of carbonyl (C=O) groups excluding carboxylic acids is 3. The third-order valence-electron chi connectivity index (χ3n) is 8.73. The van der Waals surface area contributed by atoms with Crippen molar-refractivity contribution in [3.63, 3.8) is 0 Å². The Kier molecular flexibility index (Phi) is 12.4. The van der Waals surface area contributed by atoms with Gasteiger partial charge in [0.1, 0.15) is 28.9 Å². The highest BCUT2D eigenvalue weighted by Crippen LogP contribution is 2.39. The molecule has 0 bridgehead atoms. The molecular weight excluding hydrogens is 730 g/mol. The number of allylic oxidation sites excluding steroid dienone is 2. The zero-order valence-corrected chi connectivity index (χ0v) is 31.9. The summed E-state index contributed by atoms with van der Waals surface area (Å²) in [5, 5.41) is 35.7. The summed E-state index contributed by atoms with van der Waals surface area (Å²) in [4.78, 5) is 52.1. The summed E-state index contributed by atoms with van der Waals surface area (Å²) in [5.74, 6) is -3.13. The van der Waals surface area contributed by atoms with Gasteiger partial charge in [0.2, 0.25) is 12.2 Å². The van der Waals surface area contributed by atoms with E-state index in [1.165, 1.54) is 45.3 Å². The number of nitrogens with two attached hydrogens (primary N) is 1. The molecule has 3 amide bonds. The molecule has 4 rings (SSSR count). The Bertz CT molecular complexity index is 2160. The Morgan fingerprint density at radius 1 is 1.11 bits per heavy atom. The topological polar surface area (TPSA) is 254 Å². The number of aliphatic hydroxyl groups is 1. The fourth-order valence-electron chi connectivity index (χ4n) is 6.02. The van der Waals surface area contributed by atoms with Crippen LogP contribution in [-0.2, 0) is 41.8 Å². The first-order valence-electron chi connectivity index (χ1n) is 16.6. The minimum Gasteiger partial charge on any atom is -0.507 e. The van der Waals surface area contributed by atoms with Crippen LogP contribution in [0.15, 0.2) is 45.1 Å².